The standard InChI is InChI=1S/C10H20N2O3S/c1-7(6-16-5)11(3)10(15)12(4)8(2)9(13)14/h7-8H,6H2,1-5H3,(H,13,14). The van der Waals surface area contributed by atoms with E-state index in [4.69, 9.17) is 5.11 Å². The van der Waals surface area contributed by atoms with E-state index in [1.54, 1.807) is 23.7 Å². The Morgan fingerprint density at radius 3 is 2.12 bits per heavy atom. The highest BCUT2D eigenvalue weighted by atomic mass is 32.2. The number of likely N-dealkylation sites (N-methyl/N-ethyl adjacent to an activating group) is 1. The first-order valence-electron chi connectivity index (χ1n) is 5.04. The third-order valence-electron chi connectivity index (χ3n) is 2.61. The average molecular weight is 248 g/mol. The van der Waals surface area contributed by atoms with E-state index in [1.165, 1.54) is 18.9 Å². The van der Waals surface area contributed by atoms with E-state index in [-0.39, 0.29) is 12.1 Å². The molecule has 0 saturated heterocycles. The molecule has 0 heterocycles. The number of hydrogen-bond acceptors (Lipinski definition) is 3. The van der Waals surface area contributed by atoms with Gasteiger partial charge in [0.05, 0.1) is 0 Å². The monoisotopic (exact) mass is 248 g/mol. The Morgan fingerprint density at radius 2 is 1.75 bits per heavy atom. The molecule has 0 aliphatic heterocycles. The van der Waals surface area contributed by atoms with Crippen LogP contribution >= 0.6 is 11.8 Å². The van der Waals surface area contributed by atoms with Gasteiger partial charge in [0.15, 0.2) is 0 Å². The summed E-state index contributed by atoms with van der Waals surface area (Å²) in [6.45, 7) is 3.43. The quantitative estimate of drug-likeness (QED) is 0.794. The van der Waals surface area contributed by atoms with Crippen molar-refractivity contribution in [3.63, 3.8) is 0 Å². The highest BCUT2D eigenvalue weighted by Crippen LogP contribution is 2.08. The van der Waals surface area contributed by atoms with E-state index in [1.807, 2.05) is 13.2 Å². The minimum atomic E-state index is -0.998. The maximum Gasteiger partial charge on any atom is 0.326 e. The van der Waals surface area contributed by atoms with Crippen molar-refractivity contribution in [1.82, 2.24) is 9.80 Å². The van der Waals surface area contributed by atoms with E-state index in [9.17, 15) is 9.59 Å². The Balaban J connectivity index is 4.48. The zero-order chi connectivity index (χ0) is 12.9. The number of rotatable bonds is 5. The Labute approximate surface area is 101 Å². The fraction of sp³-hybridized carbons (Fsp3) is 0.800. The van der Waals surface area contributed by atoms with Gasteiger partial charge >= 0.3 is 12.0 Å². The van der Waals surface area contributed by atoms with Gasteiger partial charge in [0.2, 0.25) is 0 Å². The lowest BCUT2D eigenvalue weighted by Gasteiger charge is -2.31. The lowest BCUT2D eigenvalue weighted by Crippen LogP contribution is -2.49. The van der Waals surface area contributed by atoms with Crippen molar-refractivity contribution in [1.29, 1.82) is 0 Å². The second-order valence-electron chi connectivity index (χ2n) is 3.82. The zero-order valence-electron chi connectivity index (χ0n) is 10.4. The fourth-order valence-corrected chi connectivity index (χ4v) is 1.83. The number of amides is 2. The molecule has 5 nitrogen and oxygen atoms in total. The normalized spacial score (nSPS) is 14.1. The summed E-state index contributed by atoms with van der Waals surface area (Å²) in [4.78, 5) is 25.4. The van der Waals surface area contributed by atoms with Crippen molar-refractivity contribution in [3.8, 4) is 0 Å². The van der Waals surface area contributed by atoms with Gasteiger partial charge < -0.3 is 14.9 Å². The molecule has 0 fully saturated rings. The minimum absolute atomic E-state index is 0.0888. The number of nitrogens with zero attached hydrogens (tertiary/aromatic N) is 2. The number of urea groups is 1. The van der Waals surface area contributed by atoms with E-state index >= 15 is 0 Å². The van der Waals surface area contributed by atoms with Crippen molar-refractivity contribution < 1.29 is 14.7 Å². The van der Waals surface area contributed by atoms with Gasteiger partial charge in [0.25, 0.3) is 0 Å². The molecule has 6 heteroatoms. The molecule has 94 valence electrons. The van der Waals surface area contributed by atoms with Gasteiger partial charge in [-0.25, -0.2) is 9.59 Å². The first-order chi connectivity index (χ1) is 7.32. The van der Waals surface area contributed by atoms with Crippen LogP contribution in [0.2, 0.25) is 0 Å². The summed E-state index contributed by atoms with van der Waals surface area (Å²) < 4.78 is 0. The summed E-state index contributed by atoms with van der Waals surface area (Å²) in [6, 6.07) is -0.987. The van der Waals surface area contributed by atoms with Crippen molar-refractivity contribution in [2.24, 2.45) is 0 Å². The molecule has 0 aliphatic carbocycles. The second kappa shape index (κ2) is 6.62. The summed E-state index contributed by atoms with van der Waals surface area (Å²) in [5.41, 5.74) is 0. The predicted octanol–water partition coefficient (Wildman–Crippen LogP) is 1.19. The molecular weight excluding hydrogens is 228 g/mol. The lowest BCUT2D eigenvalue weighted by molar-refractivity contribution is -0.141. The first kappa shape index (κ1) is 15.1. The van der Waals surface area contributed by atoms with Crippen LogP contribution in [0.15, 0.2) is 0 Å². The third kappa shape index (κ3) is 3.92. The van der Waals surface area contributed by atoms with Crippen LogP contribution in [0.25, 0.3) is 0 Å². The molecule has 2 unspecified atom stereocenters. The molecule has 2 amide bonds. The van der Waals surface area contributed by atoms with Crippen LogP contribution in [-0.2, 0) is 4.79 Å². The van der Waals surface area contributed by atoms with Crippen molar-refractivity contribution >= 4 is 23.8 Å². The van der Waals surface area contributed by atoms with E-state index in [2.05, 4.69) is 0 Å². The van der Waals surface area contributed by atoms with Crippen LogP contribution in [-0.4, -0.2) is 65.1 Å². The molecule has 0 aromatic rings. The molecule has 0 bridgehead atoms. The molecule has 0 aromatic heterocycles. The highest BCUT2D eigenvalue weighted by Gasteiger charge is 2.26. The fourth-order valence-electron chi connectivity index (χ4n) is 1.12. The van der Waals surface area contributed by atoms with Gasteiger partial charge in [0.1, 0.15) is 6.04 Å². The van der Waals surface area contributed by atoms with Crippen LogP contribution in [0, 0.1) is 0 Å². The molecule has 0 rings (SSSR count). The molecular formula is C10H20N2O3S. The molecule has 0 spiro atoms. The third-order valence-corrected chi connectivity index (χ3v) is 3.43. The number of hydrogen-bond donors (Lipinski definition) is 1. The number of carboxylic acid groups (broad SMARTS) is 1. The number of carbonyl (C=O) groups is 2. The second-order valence-corrected chi connectivity index (χ2v) is 4.73. The summed E-state index contributed by atoms with van der Waals surface area (Å²) in [7, 11) is 3.19. The van der Waals surface area contributed by atoms with Crippen molar-refractivity contribution in [2.45, 2.75) is 25.9 Å². The molecule has 0 radical (unpaired) electrons. The first-order valence-corrected chi connectivity index (χ1v) is 6.43. The molecule has 0 saturated carbocycles. The number of carbonyl (C=O) groups excluding carboxylic acids is 1. The number of thioether (sulfide) groups is 1. The molecule has 1 N–H and O–H groups in total. The average Bonchev–Trinajstić information content (AvgIpc) is 2.25. The largest absolute Gasteiger partial charge is 0.480 e. The van der Waals surface area contributed by atoms with Gasteiger partial charge in [-0.3, -0.25) is 0 Å². The summed E-state index contributed by atoms with van der Waals surface area (Å²) in [5, 5.41) is 8.81. The SMILES string of the molecule is CSCC(C)N(C)C(=O)N(C)C(C)C(=O)O. The topological polar surface area (TPSA) is 60.9 Å². The van der Waals surface area contributed by atoms with Crippen LogP contribution in [0.1, 0.15) is 13.8 Å². The van der Waals surface area contributed by atoms with Crippen molar-refractivity contribution in [2.75, 3.05) is 26.1 Å². The van der Waals surface area contributed by atoms with E-state index < -0.39 is 12.0 Å². The summed E-state index contributed by atoms with van der Waals surface area (Å²) in [5.74, 6) is -0.167. The lowest BCUT2D eigenvalue weighted by atomic mass is 10.3. The van der Waals surface area contributed by atoms with E-state index in [0.29, 0.717) is 0 Å². The summed E-state index contributed by atoms with van der Waals surface area (Å²) in [6.07, 6.45) is 1.97. The van der Waals surface area contributed by atoms with Gasteiger partial charge in [-0.15, -0.1) is 0 Å². The number of aliphatic carboxylic acids is 1. The molecule has 0 aromatic carbocycles. The van der Waals surface area contributed by atoms with Crippen LogP contribution in [0.3, 0.4) is 0 Å². The Morgan fingerprint density at radius 1 is 1.25 bits per heavy atom. The smallest absolute Gasteiger partial charge is 0.326 e. The maximum absolute atomic E-state index is 11.9. The van der Waals surface area contributed by atoms with Gasteiger partial charge in [-0.2, -0.15) is 11.8 Å². The van der Waals surface area contributed by atoms with Gasteiger partial charge in [-0.1, -0.05) is 0 Å². The van der Waals surface area contributed by atoms with Gasteiger partial charge in [0, 0.05) is 25.9 Å². The zero-order valence-corrected chi connectivity index (χ0v) is 11.2. The maximum atomic E-state index is 11.9. The van der Waals surface area contributed by atoms with E-state index in [0.717, 1.165) is 5.75 Å². The Hall–Kier alpha value is -0.910. The highest BCUT2D eigenvalue weighted by molar-refractivity contribution is 7.98. The molecule has 0 aliphatic rings. The van der Waals surface area contributed by atoms with Gasteiger partial charge in [-0.05, 0) is 20.1 Å². The van der Waals surface area contributed by atoms with Crippen LogP contribution < -0.4 is 0 Å². The molecule has 2 atom stereocenters. The minimum Gasteiger partial charge on any atom is -0.480 e. The molecule has 16 heavy (non-hydrogen) atoms. The Bertz CT molecular complexity index is 260. The van der Waals surface area contributed by atoms with Crippen LogP contribution in [0.5, 0.6) is 0 Å². The van der Waals surface area contributed by atoms with Crippen LogP contribution in [0.4, 0.5) is 4.79 Å². The summed E-state index contributed by atoms with van der Waals surface area (Å²) >= 11 is 1.65. The van der Waals surface area contributed by atoms with Crippen molar-refractivity contribution in [3.05, 3.63) is 0 Å². The predicted molar refractivity (Wildman–Crippen MR) is 65.9 cm³/mol. The number of carboxylic acids is 1. The Kier molecular flexibility index (Phi) is 6.25.